The SMILES string of the molecule is CCOc1ccc(N2C(=O)/C(=C\c3ccc(-c4ccccc4C(F)(F)F)o3)SC2=S)cc1. The van der Waals surface area contributed by atoms with Crippen molar-refractivity contribution in [2.75, 3.05) is 11.5 Å². The summed E-state index contributed by atoms with van der Waals surface area (Å²) in [6, 6.07) is 15.1. The first-order valence-corrected chi connectivity index (χ1v) is 10.8. The first-order valence-electron chi connectivity index (χ1n) is 9.55. The topological polar surface area (TPSA) is 42.7 Å². The molecule has 9 heteroatoms. The zero-order chi connectivity index (χ0) is 22.9. The third-order valence-electron chi connectivity index (χ3n) is 4.60. The Labute approximate surface area is 191 Å². The van der Waals surface area contributed by atoms with Crippen LogP contribution >= 0.6 is 24.0 Å². The van der Waals surface area contributed by atoms with Gasteiger partial charge in [-0.25, -0.2) is 0 Å². The predicted octanol–water partition coefficient (Wildman–Crippen LogP) is 6.77. The average Bonchev–Trinajstić information content (AvgIpc) is 3.33. The lowest BCUT2D eigenvalue weighted by molar-refractivity contribution is -0.137. The van der Waals surface area contributed by atoms with E-state index in [1.807, 2.05) is 6.92 Å². The monoisotopic (exact) mass is 475 g/mol. The molecule has 1 saturated heterocycles. The lowest BCUT2D eigenvalue weighted by Crippen LogP contribution is -2.27. The van der Waals surface area contributed by atoms with Gasteiger partial charge in [-0.3, -0.25) is 9.69 Å². The molecule has 0 unspecified atom stereocenters. The van der Waals surface area contributed by atoms with Crippen molar-refractivity contribution in [3.8, 4) is 17.1 Å². The number of thioether (sulfide) groups is 1. The summed E-state index contributed by atoms with van der Waals surface area (Å²) in [4.78, 5) is 14.6. The number of hydrogen-bond acceptors (Lipinski definition) is 5. The number of hydrogen-bond donors (Lipinski definition) is 0. The molecule has 4 rings (SSSR count). The van der Waals surface area contributed by atoms with Gasteiger partial charge in [-0.15, -0.1) is 0 Å². The highest BCUT2D eigenvalue weighted by atomic mass is 32.2. The van der Waals surface area contributed by atoms with Crippen LogP contribution < -0.4 is 9.64 Å². The molecular formula is C23H16F3NO3S2. The molecule has 2 aromatic carbocycles. The van der Waals surface area contributed by atoms with Gasteiger partial charge in [0.1, 0.15) is 17.3 Å². The second-order valence-electron chi connectivity index (χ2n) is 6.69. The minimum Gasteiger partial charge on any atom is -0.494 e. The van der Waals surface area contributed by atoms with E-state index in [4.69, 9.17) is 21.4 Å². The van der Waals surface area contributed by atoms with Crippen molar-refractivity contribution in [1.29, 1.82) is 0 Å². The number of ether oxygens (including phenoxy) is 1. The Hall–Kier alpha value is -3.04. The van der Waals surface area contributed by atoms with Crippen LogP contribution in [-0.4, -0.2) is 16.8 Å². The van der Waals surface area contributed by atoms with Crippen molar-refractivity contribution in [3.05, 3.63) is 76.9 Å². The summed E-state index contributed by atoms with van der Waals surface area (Å²) in [7, 11) is 0. The van der Waals surface area contributed by atoms with Crippen LogP contribution in [-0.2, 0) is 11.0 Å². The van der Waals surface area contributed by atoms with E-state index in [1.165, 1.54) is 41.3 Å². The highest BCUT2D eigenvalue weighted by molar-refractivity contribution is 8.27. The molecule has 1 fully saturated rings. The Morgan fingerprint density at radius 3 is 2.50 bits per heavy atom. The number of nitrogens with zero attached hydrogens (tertiary/aromatic N) is 1. The first kappa shape index (κ1) is 22.2. The van der Waals surface area contributed by atoms with Crippen LogP contribution in [0.3, 0.4) is 0 Å². The number of halogens is 3. The van der Waals surface area contributed by atoms with E-state index in [9.17, 15) is 18.0 Å². The smallest absolute Gasteiger partial charge is 0.417 e. The third kappa shape index (κ3) is 4.44. The number of benzene rings is 2. The molecular weight excluding hydrogens is 459 g/mol. The summed E-state index contributed by atoms with van der Waals surface area (Å²) in [6.07, 6.45) is -3.03. The molecule has 2 heterocycles. The zero-order valence-corrected chi connectivity index (χ0v) is 18.3. The van der Waals surface area contributed by atoms with Crippen LogP contribution in [0.15, 0.2) is 70.0 Å². The number of alkyl halides is 3. The molecule has 1 aromatic heterocycles. The predicted molar refractivity (Wildman–Crippen MR) is 122 cm³/mol. The molecule has 0 radical (unpaired) electrons. The Kier molecular flexibility index (Phi) is 6.12. The number of carbonyl (C=O) groups excluding carboxylic acids is 1. The van der Waals surface area contributed by atoms with Crippen molar-refractivity contribution in [3.63, 3.8) is 0 Å². The van der Waals surface area contributed by atoms with Crippen LogP contribution in [0.25, 0.3) is 17.4 Å². The van der Waals surface area contributed by atoms with E-state index in [0.29, 0.717) is 27.3 Å². The maximum absolute atomic E-state index is 13.3. The largest absolute Gasteiger partial charge is 0.494 e. The van der Waals surface area contributed by atoms with Crippen molar-refractivity contribution >= 4 is 46.0 Å². The lowest BCUT2D eigenvalue weighted by atomic mass is 10.1. The number of rotatable bonds is 5. The van der Waals surface area contributed by atoms with Gasteiger partial charge in [0.05, 0.1) is 22.8 Å². The molecule has 32 heavy (non-hydrogen) atoms. The highest BCUT2D eigenvalue weighted by Gasteiger charge is 2.35. The van der Waals surface area contributed by atoms with E-state index in [1.54, 1.807) is 24.3 Å². The van der Waals surface area contributed by atoms with Crippen LogP contribution in [0.5, 0.6) is 5.75 Å². The third-order valence-corrected chi connectivity index (χ3v) is 5.90. The summed E-state index contributed by atoms with van der Waals surface area (Å²) >= 11 is 6.45. The van der Waals surface area contributed by atoms with Crippen LogP contribution in [0, 0.1) is 0 Å². The number of thiocarbonyl (C=S) groups is 1. The van der Waals surface area contributed by atoms with Gasteiger partial charge in [-0.1, -0.05) is 42.2 Å². The summed E-state index contributed by atoms with van der Waals surface area (Å²) < 4.78 is 51.3. The van der Waals surface area contributed by atoms with Gasteiger partial charge >= 0.3 is 6.18 Å². The molecule has 1 amide bonds. The minimum absolute atomic E-state index is 0.0613. The molecule has 0 N–H and O–H groups in total. The van der Waals surface area contributed by atoms with Crippen molar-refractivity contribution in [1.82, 2.24) is 0 Å². The fourth-order valence-electron chi connectivity index (χ4n) is 3.20. The molecule has 0 bridgehead atoms. The molecule has 4 nitrogen and oxygen atoms in total. The Bertz CT molecular complexity index is 1200. The highest BCUT2D eigenvalue weighted by Crippen LogP contribution is 2.39. The maximum atomic E-state index is 13.3. The van der Waals surface area contributed by atoms with Gasteiger partial charge in [0, 0.05) is 11.6 Å². The fourth-order valence-corrected chi connectivity index (χ4v) is 4.48. The second kappa shape index (κ2) is 8.84. The number of carbonyl (C=O) groups is 1. The summed E-state index contributed by atoms with van der Waals surface area (Å²) in [5.74, 6) is 0.660. The zero-order valence-electron chi connectivity index (χ0n) is 16.7. The molecule has 1 aliphatic rings. The van der Waals surface area contributed by atoms with E-state index >= 15 is 0 Å². The summed E-state index contributed by atoms with van der Waals surface area (Å²) in [5, 5.41) is 0. The Morgan fingerprint density at radius 1 is 1.09 bits per heavy atom. The van der Waals surface area contributed by atoms with Crippen molar-refractivity contribution < 1.29 is 27.1 Å². The van der Waals surface area contributed by atoms with Gasteiger partial charge in [0.2, 0.25) is 0 Å². The van der Waals surface area contributed by atoms with Gasteiger partial charge in [0.25, 0.3) is 5.91 Å². The Balaban J connectivity index is 1.59. The first-order chi connectivity index (χ1) is 15.3. The number of furan rings is 1. The number of amides is 1. The minimum atomic E-state index is -4.51. The van der Waals surface area contributed by atoms with Gasteiger partial charge < -0.3 is 9.15 Å². The van der Waals surface area contributed by atoms with E-state index in [0.717, 1.165) is 17.8 Å². The molecule has 0 aliphatic carbocycles. The van der Waals surface area contributed by atoms with E-state index in [2.05, 4.69) is 0 Å². The van der Waals surface area contributed by atoms with E-state index < -0.39 is 11.7 Å². The average molecular weight is 476 g/mol. The normalized spacial score (nSPS) is 15.6. The summed E-state index contributed by atoms with van der Waals surface area (Å²) in [6.45, 7) is 2.41. The van der Waals surface area contributed by atoms with Crippen LogP contribution in [0.4, 0.5) is 18.9 Å². The molecule has 164 valence electrons. The van der Waals surface area contributed by atoms with E-state index in [-0.39, 0.29) is 23.0 Å². The molecule has 3 aromatic rings. The van der Waals surface area contributed by atoms with Gasteiger partial charge in [-0.05, 0) is 49.4 Å². The van der Waals surface area contributed by atoms with Crippen molar-refractivity contribution in [2.45, 2.75) is 13.1 Å². The molecule has 0 atom stereocenters. The lowest BCUT2D eigenvalue weighted by Gasteiger charge is -2.15. The maximum Gasteiger partial charge on any atom is 0.417 e. The fraction of sp³-hybridized carbons (Fsp3) is 0.130. The van der Waals surface area contributed by atoms with Gasteiger partial charge in [-0.2, -0.15) is 13.2 Å². The molecule has 0 saturated carbocycles. The van der Waals surface area contributed by atoms with Crippen molar-refractivity contribution in [2.24, 2.45) is 0 Å². The summed E-state index contributed by atoms with van der Waals surface area (Å²) in [5.41, 5.74) is -0.261. The molecule has 1 aliphatic heterocycles. The second-order valence-corrected chi connectivity index (χ2v) is 8.37. The standard InChI is InChI=1S/C23H16F3NO3S2/c1-2-29-15-9-7-14(8-10-15)27-21(28)20(32-22(27)31)13-16-11-12-19(30-16)17-5-3-4-6-18(17)23(24,25)26/h3-13H,2H2,1H3/b20-13+. The quantitative estimate of drug-likeness (QED) is 0.301. The van der Waals surface area contributed by atoms with Crippen LogP contribution in [0.1, 0.15) is 18.2 Å². The number of anilines is 1. The molecule has 0 spiro atoms. The van der Waals surface area contributed by atoms with Crippen LogP contribution in [0.2, 0.25) is 0 Å². The van der Waals surface area contributed by atoms with Gasteiger partial charge in [0.15, 0.2) is 4.32 Å². The Morgan fingerprint density at radius 2 is 1.81 bits per heavy atom.